The molecular weight excluding hydrogens is 220 g/mol. The Morgan fingerprint density at radius 2 is 1.88 bits per heavy atom. The summed E-state index contributed by atoms with van der Waals surface area (Å²) >= 11 is 0. The minimum absolute atomic E-state index is 0.108. The van der Waals surface area contributed by atoms with Gasteiger partial charge in [0.15, 0.2) is 0 Å². The molecule has 0 amide bonds. The molecule has 0 aromatic rings. The Kier molecular flexibility index (Phi) is 5.45. The molecule has 0 radical (unpaired) electrons. The Morgan fingerprint density at radius 3 is 2.41 bits per heavy atom. The average molecular weight is 242 g/mol. The monoisotopic (exact) mass is 242 g/mol. The van der Waals surface area contributed by atoms with Crippen molar-refractivity contribution in [2.75, 3.05) is 0 Å². The summed E-state index contributed by atoms with van der Waals surface area (Å²) in [5.74, 6) is -2.18. The maximum atomic E-state index is 11.9. The predicted octanol–water partition coefficient (Wildman–Crippen LogP) is 2.61. The van der Waals surface area contributed by atoms with E-state index in [4.69, 9.17) is 9.84 Å². The number of aliphatic carboxylic acids is 1. The standard InChI is InChI=1S/C13H22O4/c1-3-6-9(2)17-13(16)11-8-5-4-7-10(11)12(14)15/h9-11H,3-8H2,1-2H3,(H,14,15). The first-order chi connectivity index (χ1) is 8.06. The predicted molar refractivity (Wildman–Crippen MR) is 63.5 cm³/mol. The number of carbonyl (C=O) groups is 2. The molecule has 1 saturated carbocycles. The second-order valence-electron chi connectivity index (χ2n) is 4.87. The van der Waals surface area contributed by atoms with Crippen LogP contribution >= 0.6 is 0 Å². The molecule has 1 aliphatic rings. The lowest BCUT2D eigenvalue weighted by Gasteiger charge is -2.27. The van der Waals surface area contributed by atoms with Gasteiger partial charge in [-0.1, -0.05) is 26.2 Å². The molecule has 1 fully saturated rings. The van der Waals surface area contributed by atoms with Crippen LogP contribution in [0.25, 0.3) is 0 Å². The Hall–Kier alpha value is -1.06. The fourth-order valence-electron chi connectivity index (χ4n) is 2.46. The SMILES string of the molecule is CCCC(C)OC(=O)C1CCCCC1C(=O)O. The van der Waals surface area contributed by atoms with Crippen molar-refractivity contribution in [2.24, 2.45) is 11.8 Å². The quantitative estimate of drug-likeness (QED) is 0.753. The number of carbonyl (C=O) groups excluding carboxylic acids is 1. The second-order valence-corrected chi connectivity index (χ2v) is 4.87. The lowest BCUT2D eigenvalue weighted by Crippen LogP contribution is -2.35. The number of hydrogen-bond donors (Lipinski definition) is 1. The highest BCUT2D eigenvalue weighted by Gasteiger charge is 2.37. The van der Waals surface area contributed by atoms with Crippen LogP contribution in [0.1, 0.15) is 52.4 Å². The fraction of sp³-hybridized carbons (Fsp3) is 0.846. The van der Waals surface area contributed by atoms with E-state index in [-0.39, 0.29) is 12.1 Å². The van der Waals surface area contributed by atoms with Gasteiger partial charge in [-0.05, 0) is 26.2 Å². The Bertz CT molecular complexity index is 275. The molecule has 3 atom stereocenters. The van der Waals surface area contributed by atoms with Crippen LogP contribution in [-0.2, 0) is 14.3 Å². The summed E-state index contributed by atoms with van der Waals surface area (Å²) in [7, 11) is 0. The molecule has 4 nitrogen and oxygen atoms in total. The van der Waals surface area contributed by atoms with E-state index >= 15 is 0 Å². The molecule has 0 saturated heterocycles. The van der Waals surface area contributed by atoms with Crippen molar-refractivity contribution < 1.29 is 19.4 Å². The zero-order valence-electron chi connectivity index (χ0n) is 10.6. The molecule has 0 heterocycles. The third-order valence-electron chi connectivity index (χ3n) is 3.40. The summed E-state index contributed by atoms with van der Waals surface area (Å²) < 4.78 is 5.31. The smallest absolute Gasteiger partial charge is 0.310 e. The summed E-state index contributed by atoms with van der Waals surface area (Å²) in [6, 6.07) is 0. The Morgan fingerprint density at radius 1 is 1.29 bits per heavy atom. The van der Waals surface area contributed by atoms with Crippen LogP contribution in [0.5, 0.6) is 0 Å². The minimum atomic E-state index is -0.866. The van der Waals surface area contributed by atoms with Gasteiger partial charge in [0.25, 0.3) is 0 Å². The zero-order chi connectivity index (χ0) is 12.8. The van der Waals surface area contributed by atoms with Gasteiger partial charge in [0.2, 0.25) is 0 Å². The maximum absolute atomic E-state index is 11.9. The lowest BCUT2D eigenvalue weighted by molar-refractivity contribution is -0.163. The number of carboxylic acids is 1. The first kappa shape index (κ1) is 14.0. The molecule has 0 aromatic carbocycles. The molecule has 0 aliphatic heterocycles. The van der Waals surface area contributed by atoms with Gasteiger partial charge < -0.3 is 9.84 Å². The topological polar surface area (TPSA) is 63.6 Å². The van der Waals surface area contributed by atoms with Gasteiger partial charge in [0.05, 0.1) is 17.9 Å². The highest BCUT2D eigenvalue weighted by Crippen LogP contribution is 2.31. The van der Waals surface area contributed by atoms with Gasteiger partial charge in [-0.25, -0.2) is 0 Å². The van der Waals surface area contributed by atoms with Crippen LogP contribution in [-0.4, -0.2) is 23.1 Å². The third kappa shape index (κ3) is 4.02. The zero-order valence-corrected chi connectivity index (χ0v) is 10.6. The molecule has 0 spiro atoms. The largest absolute Gasteiger partial charge is 0.481 e. The van der Waals surface area contributed by atoms with Gasteiger partial charge in [0.1, 0.15) is 0 Å². The molecule has 98 valence electrons. The van der Waals surface area contributed by atoms with Crippen LogP contribution < -0.4 is 0 Å². The van der Waals surface area contributed by atoms with E-state index in [1.807, 2.05) is 13.8 Å². The number of hydrogen-bond acceptors (Lipinski definition) is 3. The van der Waals surface area contributed by atoms with E-state index in [2.05, 4.69) is 0 Å². The van der Waals surface area contributed by atoms with Crippen molar-refractivity contribution in [3.8, 4) is 0 Å². The average Bonchev–Trinajstić information content (AvgIpc) is 2.29. The van der Waals surface area contributed by atoms with Crippen LogP contribution in [0.4, 0.5) is 0 Å². The van der Waals surface area contributed by atoms with E-state index in [0.29, 0.717) is 12.8 Å². The first-order valence-corrected chi connectivity index (χ1v) is 6.49. The molecule has 1 rings (SSSR count). The molecule has 0 aromatic heterocycles. The minimum Gasteiger partial charge on any atom is -0.481 e. The van der Waals surface area contributed by atoms with E-state index in [9.17, 15) is 9.59 Å². The van der Waals surface area contributed by atoms with Gasteiger partial charge in [0, 0.05) is 0 Å². The summed E-state index contributed by atoms with van der Waals surface area (Å²) in [5, 5.41) is 9.09. The van der Waals surface area contributed by atoms with Crippen LogP contribution in [0.3, 0.4) is 0 Å². The normalized spacial score (nSPS) is 26.2. The lowest BCUT2D eigenvalue weighted by atomic mass is 9.79. The van der Waals surface area contributed by atoms with Crippen molar-refractivity contribution in [3.63, 3.8) is 0 Å². The van der Waals surface area contributed by atoms with Crippen molar-refractivity contribution in [1.29, 1.82) is 0 Å². The van der Waals surface area contributed by atoms with Gasteiger partial charge in [-0.2, -0.15) is 0 Å². The highest BCUT2D eigenvalue weighted by atomic mass is 16.5. The summed E-state index contributed by atoms with van der Waals surface area (Å²) in [6.45, 7) is 3.89. The van der Waals surface area contributed by atoms with E-state index in [1.54, 1.807) is 0 Å². The Balaban J connectivity index is 2.56. The van der Waals surface area contributed by atoms with Crippen molar-refractivity contribution in [1.82, 2.24) is 0 Å². The van der Waals surface area contributed by atoms with Crippen LogP contribution in [0.2, 0.25) is 0 Å². The first-order valence-electron chi connectivity index (χ1n) is 6.49. The fourth-order valence-corrected chi connectivity index (χ4v) is 2.46. The van der Waals surface area contributed by atoms with Crippen molar-refractivity contribution >= 4 is 11.9 Å². The van der Waals surface area contributed by atoms with E-state index in [1.165, 1.54) is 0 Å². The molecule has 4 heteroatoms. The number of esters is 1. The maximum Gasteiger partial charge on any atom is 0.310 e. The summed E-state index contributed by atoms with van der Waals surface area (Å²) in [5.41, 5.74) is 0. The third-order valence-corrected chi connectivity index (χ3v) is 3.40. The van der Waals surface area contributed by atoms with Crippen LogP contribution in [0.15, 0.2) is 0 Å². The molecular formula is C13H22O4. The molecule has 1 aliphatic carbocycles. The van der Waals surface area contributed by atoms with Gasteiger partial charge in [-0.3, -0.25) is 9.59 Å². The van der Waals surface area contributed by atoms with Crippen molar-refractivity contribution in [2.45, 2.75) is 58.5 Å². The summed E-state index contributed by atoms with van der Waals surface area (Å²) in [4.78, 5) is 23.0. The van der Waals surface area contributed by atoms with Gasteiger partial charge in [-0.15, -0.1) is 0 Å². The number of rotatable bonds is 5. The molecule has 0 bridgehead atoms. The Labute approximate surface area is 102 Å². The second kappa shape index (κ2) is 6.62. The van der Waals surface area contributed by atoms with E-state index < -0.39 is 17.8 Å². The summed E-state index contributed by atoms with van der Waals surface area (Å²) in [6.07, 6.45) is 4.74. The molecule has 17 heavy (non-hydrogen) atoms. The highest BCUT2D eigenvalue weighted by molar-refractivity contribution is 5.81. The number of carboxylic acid groups (broad SMARTS) is 1. The van der Waals surface area contributed by atoms with Crippen LogP contribution in [0, 0.1) is 11.8 Å². The molecule has 1 N–H and O–H groups in total. The van der Waals surface area contributed by atoms with Crippen molar-refractivity contribution in [3.05, 3.63) is 0 Å². The molecule has 3 unspecified atom stereocenters. The van der Waals surface area contributed by atoms with Gasteiger partial charge >= 0.3 is 11.9 Å². The van der Waals surface area contributed by atoms with E-state index in [0.717, 1.165) is 25.7 Å². The number of ether oxygens (including phenoxy) is 1.